The van der Waals surface area contributed by atoms with Crippen LogP contribution < -0.4 is 5.73 Å². The second kappa shape index (κ2) is 7.09. The van der Waals surface area contributed by atoms with Crippen molar-refractivity contribution in [1.29, 1.82) is 0 Å². The first-order chi connectivity index (χ1) is 11.5. The summed E-state index contributed by atoms with van der Waals surface area (Å²) in [5, 5.41) is 3.63. The Morgan fingerprint density at radius 3 is 3.08 bits per heavy atom. The summed E-state index contributed by atoms with van der Waals surface area (Å²) in [6.07, 6.45) is 3.64. The minimum atomic E-state index is -0.686. The lowest BCUT2D eigenvalue weighted by Crippen LogP contribution is -2.33. The van der Waals surface area contributed by atoms with Crippen LogP contribution in [0.5, 0.6) is 0 Å². The monoisotopic (exact) mass is 332 g/mol. The number of hydrogen-bond donors (Lipinski definition) is 1. The van der Waals surface area contributed by atoms with Crippen molar-refractivity contribution in [2.75, 3.05) is 6.54 Å². The van der Waals surface area contributed by atoms with Crippen LogP contribution in [-0.4, -0.2) is 33.5 Å². The molecule has 2 unspecified atom stereocenters. The van der Waals surface area contributed by atoms with E-state index in [1.54, 1.807) is 12.1 Å². The molecule has 2 atom stereocenters. The molecule has 0 aliphatic carbocycles. The Kier molecular flexibility index (Phi) is 4.89. The minimum Gasteiger partial charge on any atom is -0.363 e. The number of likely N-dealkylation sites (tertiary alicyclic amines) is 1. The molecule has 0 bridgehead atoms. The zero-order chi connectivity index (χ0) is 17.1. The summed E-state index contributed by atoms with van der Waals surface area (Å²) in [7, 11) is 0. The quantitative estimate of drug-likeness (QED) is 0.878. The molecule has 2 aromatic rings. The largest absolute Gasteiger partial charge is 0.363 e. The first-order valence-corrected chi connectivity index (χ1v) is 8.18. The van der Waals surface area contributed by atoms with Crippen molar-refractivity contribution in [3.63, 3.8) is 0 Å². The number of amides is 1. The summed E-state index contributed by atoms with van der Waals surface area (Å²) in [5.41, 5.74) is 6.17. The smallest absolute Gasteiger partial charge is 0.290 e. The maximum absolute atomic E-state index is 13.3. The molecule has 1 aromatic carbocycles. The van der Waals surface area contributed by atoms with Gasteiger partial charge in [-0.2, -0.15) is 4.98 Å². The van der Waals surface area contributed by atoms with Gasteiger partial charge in [-0.25, -0.2) is 4.39 Å². The number of carbonyl (C=O) groups is 1. The Morgan fingerprint density at radius 1 is 1.54 bits per heavy atom. The summed E-state index contributed by atoms with van der Waals surface area (Å²) >= 11 is 0. The van der Waals surface area contributed by atoms with Crippen molar-refractivity contribution in [3.05, 3.63) is 47.4 Å². The van der Waals surface area contributed by atoms with Crippen molar-refractivity contribution < 1.29 is 13.7 Å². The molecule has 3 rings (SSSR count). The number of primary amides is 1. The first-order valence-electron chi connectivity index (χ1n) is 8.18. The van der Waals surface area contributed by atoms with Crippen LogP contribution in [-0.2, 0) is 6.42 Å². The normalized spacial score (nSPS) is 19.5. The van der Waals surface area contributed by atoms with Gasteiger partial charge >= 0.3 is 0 Å². The van der Waals surface area contributed by atoms with Crippen molar-refractivity contribution in [2.24, 2.45) is 5.73 Å². The lowest BCUT2D eigenvalue weighted by Gasteiger charge is -2.28. The molecule has 0 saturated carbocycles. The van der Waals surface area contributed by atoms with Gasteiger partial charge < -0.3 is 10.3 Å². The van der Waals surface area contributed by atoms with Crippen LogP contribution in [0.4, 0.5) is 4.39 Å². The van der Waals surface area contributed by atoms with Gasteiger partial charge in [0.15, 0.2) is 0 Å². The summed E-state index contributed by atoms with van der Waals surface area (Å²) in [5.74, 6) is -0.527. The topological polar surface area (TPSA) is 85.3 Å². The number of carbonyl (C=O) groups excluding carboxylic acids is 1. The van der Waals surface area contributed by atoms with Crippen LogP contribution in [0.2, 0.25) is 0 Å². The molecule has 2 N–H and O–H groups in total. The fourth-order valence-electron chi connectivity index (χ4n) is 3.29. The molecular formula is C17H21FN4O2. The third-order valence-corrected chi connectivity index (χ3v) is 4.55. The number of aryl methyl sites for hydroxylation is 1. The van der Waals surface area contributed by atoms with Crippen molar-refractivity contribution >= 4 is 5.91 Å². The van der Waals surface area contributed by atoms with Gasteiger partial charge in [0.2, 0.25) is 5.89 Å². The van der Waals surface area contributed by atoms with E-state index in [9.17, 15) is 9.18 Å². The zero-order valence-corrected chi connectivity index (χ0v) is 13.6. The number of rotatable bonds is 6. The number of aromatic nitrogens is 2. The highest BCUT2D eigenvalue weighted by molar-refractivity contribution is 5.88. The second-order valence-electron chi connectivity index (χ2n) is 6.23. The zero-order valence-electron chi connectivity index (χ0n) is 13.6. The second-order valence-corrected chi connectivity index (χ2v) is 6.23. The molecule has 1 aliphatic rings. The fourth-order valence-corrected chi connectivity index (χ4v) is 3.29. The van der Waals surface area contributed by atoms with Crippen LogP contribution >= 0.6 is 0 Å². The number of nitrogens with two attached hydrogens (primary N) is 1. The van der Waals surface area contributed by atoms with E-state index in [4.69, 9.17) is 10.3 Å². The van der Waals surface area contributed by atoms with Gasteiger partial charge in [-0.3, -0.25) is 9.69 Å². The molecule has 1 aromatic heterocycles. The summed E-state index contributed by atoms with van der Waals surface area (Å²) < 4.78 is 18.5. The van der Waals surface area contributed by atoms with Gasteiger partial charge in [-0.15, -0.1) is 0 Å². The third kappa shape index (κ3) is 3.62. The third-order valence-electron chi connectivity index (χ3n) is 4.55. The molecule has 2 heterocycles. The summed E-state index contributed by atoms with van der Waals surface area (Å²) in [6, 6.07) is 6.99. The van der Waals surface area contributed by atoms with Crippen molar-refractivity contribution in [3.8, 4) is 0 Å². The lowest BCUT2D eigenvalue weighted by molar-refractivity contribution is 0.0987. The van der Waals surface area contributed by atoms with Crippen LogP contribution in [0, 0.1) is 5.82 Å². The van der Waals surface area contributed by atoms with E-state index in [-0.39, 0.29) is 23.7 Å². The predicted molar refractivity (Wildman–Crippen MR) is 85.7 cm³/mol. The number of hydrogen-bond acceptors (Lipinski definition) is 5. The molecule has 7 heteroatoms. The number of nitrogens with zero attached hydrogens (tertiary/aromatic N) is 3. The average molecular weight is 332 g/mol. The van der Waals surface area contributed by atoms with Gasteiger partial charge in [-0.1, -0.05) is 17.3 Å². The van der Waals surface area contributed by atoms with E-state index in [1.165, 1.54) is 6.07 Å². The van der Waals surface area contributed by atoms with Crippen molar-refractivity contribution in [2.45, 2.75) is 44.7 Å². The highest BCUT2D eigenvalue weighted by atomic mass is 19.1. The Bertz CT molecular complexity index is 718. The molecule has 1 aliphatic heterocycles. The molecular weight excluding hydrogens is 311 g/mol. The number of benzene rings is 1. The van der Waals surface area contributed by atoms with E-state index < -0.39 is 5.91 Å². The summed E-state index contributed by atoms with van der Waals surface area (Å²) in [6.45, 7) is 3.08. The molecule has 6 nitrogen and oxygen atoms in total. The minimum absolute atomic E-state index is 0.00751. The molecule has 0 spiro atoms. The molecule has 1 fully saturated rings. The van der Waals surface area contributed by atoms with E-state index in [1.807, 2.05) is 6.07 Å². The van der Waals surface area contributed by atoms with E-state index >= 15 is 0 Å². The van der Waals surface area contributed by atoms with E-state index in [0.717, 1.165) is 37.8 Å². The highest BCUT2D eigenvalue weighted by Gasteiger charge is 2.33. The highest BCUT2D eigenvalue weighted by Crippen LogP contribution is 2.33. The van der Waals surface area contributed by atoms with E-state index in [0.29, 0.717) is 5.89 Å². The molecule has 24 heavy (non-hydrogen) atoms. The first kappa shape index (κ1) is 16.6. The van der Waals surface area contributed by atoms with E-state index in [2.05, 4.69) is 22.0 Å². The summed E-state index contributed by atoms with van der Waals surface area (Å²) in [4.78, 5) is 17.5. The Hall–Kier alpha value is -2.28. The Morgan fingerprint density at radius 2 is 2.38 bits per heavy atom. The van der Waals surface area contributed by atoms with Gasteiger partial charge in [0.05, 0.1) is 6.04 Å². The van der Waals surface area contributed by atoms with Gasteiger partial charge in [0, 0.05) is 6.04 Å². The fraction of sp³-hybridized carbons (Fsp3) is 0.471. The van der Waals surface area contributed by atoms with Crippen molar-refractivity contribution in [1.82, 2.24) is 15.0 Å². The SMILES string of the molecule is CC(CCc1cccc(F)c1)N1CCCC1c1nc(C(N)=O)no1. The van der Waals surface area contributed by atoms with Gasteiger partial charge in [0.1, 0.15) is 5.82 Å². The average Bonchev–Trinajstić information content (AvgIpc) is 3.21. The molecule has 1 saturated heterocycles. The predicted octanol–water partition coefficient (Wildman–Crippen LogP) is 2.47. The van der Waals surface area contributed by atoms with Crippen LogP contribution in [0.25, 0.3) is 0 Å². The molecule has 128 valence electrons. The maximum atomic E-state index is 13.3. The van der Waals surface area contributed by atoms with Crippen LogP contribution in [0.1, 0.15) is 54.3 Å². The molecule has 1 amide bonds. The lowest BCUT2D eigenvalue weighted by atomic mass is 10.0. The van der Waals surface area contributed by atoms with Crippen LogP contribution in [0.15, 0.2) is 28.8 Å². The standard InChI is InChI=1S/C17H21FN4O2/c1-11(7-8-12-4-2-5-13(18)10-12)22-9-3-6-14(22)17-20-16(15(19)23)21-24-17/h2,4-5,10-11,14H,3,6-9H2,1H3,(H2,19,23). The van der Waals surface area contributed by atoms with Crippen LogP contribution in [0.3, 0.4) is 0 Å². The maximum Gasteiger partial charge on any atom is 0.290 e. The molecule has 0 radical (unpaired) electrons. The van der Waals surface area contributed by atoms with Gasteiger partial charge in [-0.05, 0) is 56.8 Å². The Labute approximate surface area is 139 Å². The number of halogens is 1. The van der Waals surface area contributed by atoms with Gasteiger partial charge in [0.25, 0.3) is 11.7 Å². The Balaban J connectivity index is 1.64.